The Morgan fingerprint density at radius 2 is 2.11 bits per heavy atom. The van der Waals surface area contributed by atoms with E-state index in [0.29, 0.717) is 0 Å². The first kappa shape index (κ1) is 6.55. The van der Waals surface area contributed by atoms with Gasteiger partial charge in [0.05, 0.1) is 0 Å². The lowest BCUT2D eigenvalue weighted by Gasteiger charge is -2.40. The second kappa shape index (κ2) is 1.70. The summed E-state index contributed by atoms with van der Waals surface area (Å²) in [6.07, 6.45) is 1.50. The van der Waals surface area contributed by atoms with Crippen LogP contribution < -0.4 is 11.5 Å². The molecule has 0 aromatic rings. The predicted molar refractivity (Wildman–Crippen MR) is 34.5 cm³/mol. The molecule has 0 heterocycles. The van der Waals surface area contributed by atoms with Gasteiger partial charge in [0.1, 0.15) is 0 Å². The molecule has 1 amide bonds. The molecule has 0 spiro atoms. The molecule has 0 aliphatic heterocycles. The van der Waals surface area contributed by atoms with Crippen molar-refractivity contribution in [3.05, 3.63) is 0 Å². The maximum Gasteiger partial charge on any atom is 0.223 e. The number of hydrogen-bond donors (Lipinski definition) is 2. The minimum Gasteiger partial charge on any atom is -0.369 e. The summed E-state index contributed by atoms with van der Waals surface area (Å²) < 4.78 is 0. The van der Waals surface area contributed by atoms with Crippen molar-refractivity contribution in [2.75, 3.05) is 0 Å². The van der Waals surface area contributed by atoms with Crippen molar-refractivity contribution in [2.24, 2.45) is 16.9 Å². The first-order valence-electron chi connectivity index (χ1n) is 3.10. The number of carbonyl (C=O) groups is 1. The van der Waals surface area contributed by atoms with E-state index in [-0.39, 0.29) is 17.4 Å². The van der Waals surface area contributed by atoms with E-state index < -0.39 is 0 Å². The van der Waals surface area contributed by atoms with Crippen LogP contribution in [-0.2, 0) is 4.79 Å². The van der Waals surface area contributed by atoms with Crippen molar-refractivity contribution in [1.82, 2.24) is 0 Å². The maximum absolute atomic E-state index is 10.6. The summed E-state index contributed by atoms with van der Waals surface area (Å²) >= 11 is 0. The van der Waals surface area contributed by atoms with Crippen molar-refractivity contribution in [2.45, 2.75) is 25.8 Å². The Morgan fingerprint density at radius 1 is 1.67 bits per heavy atom. The predicted octanol–water partition coefficient (Wildman–Crippen LogP) is -0.401. The maximum atomic E-state index is 10.6. The van der Waals surface area contributed by atoms with E-state index in [9.17, 15) is 4.79 Å². The van der Waals surface area contributed by atoms with Crippen LogP contribution in [-0.4, -0.2) is 11.9 Å². The number of rotatable bonds is 1. The topological polar surface area (TPSA) is 69.1 Å². The van der Waals surface area contributed by atoms with Crippen molar-refractivity contribution in [3.8, 4) is 0 Å². The molecule has 0 radical (unpaired) electrons. The molecule has 9 heavy (non-hydrogen) atoms. The van der Waals surface area contributed by atoms with Crippen LogP contribution in [0.1, 0.15) is 19.8 Å². The van der Waals surface area contributed by atoms with Gasteiger partial charge < -0.3 is 11.5 Å². The number of nitrogens with two attached hydrogens (primary N) is 2. The van der Waals surface area contributed by atoms with Crippen LogP contribution in [0, 0.1) is 5.41 Å². The van der Waals surface area contributed by atoms with Gasteiger partial charge in [-0.3, -0.25) is 4.79 Å². The molecule has 0 bridgehead atoms. The highest BCUT2D eigenvalue weighted by molar-refractivity contribution is 5.81. The fourth-order valence-electron chi connectivity index (χ4n) is 1.30. The van der Waals surface area contributed by atoms with E-state index in [0.717, 1.165) is 12.8 Å². The zero-order valence-electron chi connectivity index (χ0n) is 5.55. The Balaban J connectivity index is 2.50. The SMILES string of the molecule is CC1(C(N)=O)CC(N)C1. The summed E-state index contributed by atoms with van der Waals surface area (Å²) in [6, 6.07) is 0.197. The minimum absolute atomic E-state index is 0.197. The van der Waals surface area contributed by atoms with Crippen molar-refractivity contribution in [1.29, 1.82) is 0 Å². The third-order valence-electron chi connectivity index (χ3n) is 2.02. The molecule has 4 N–H and O–H groups in total. The lowest BCUT2D eigenvalue weighted by molar-refractivity contribution is -0.131. The lowest BCUT2D eigenvalue weighted by atomic mass is 9.67. The second-order valence-corrected chi connectivity index (χ2v) is 3.09. The molecule has 1 rings (SSSR count). The summed E-state index contributed by atoms with van der Waals surface area (Å²) in [5.41, 5.74) is 10.3. The van der Waals surface area contributed by atoms with Crippen molar-refractivity contribution >= 4 is 5.91 Å². The fraction of sp³-hybridized carbons (Fsp3) is 0.833. The largest absolute Gasteiger partial charge is 0.369 e. The molecule has 0 aromatic heterocycles. The average molecular weight is 128 g/mol. The van der Waals surface area contributed by atoms with Gasteiger partial charge in [0.25, 0.3) is 0 Å². The molecule has 3 nitrogen and oxygen atoms in total. The number of hydrogen-bond acceptors (Lipinski definition) is 2. The van der Waals surface area contributed by atoms with E-state index in [1.54, 1.807) is 0 Å². The van der Waals surface area contributed by atoms with Gasteiger partial charge in [-0.25, -0.2) is 0 Å². The highest BCUT2D eigenvalue weighted by atomic mass is 16.1. The second-order valence-electron chi connectivity index (χ2n) is 3.09. The summed E-state index contributed by atoms with van der Waals surface area (Å²) in [5.74, 6) is -0.218. The quantitative estimate of drug-likeness (QED) is 0.504. The average Bonchev–Trinajstić information content (AvgIpc) is 1.62. The van der Waals surface area contributed by atoms with Gasteiger partial charge in [-0.15, -0.1) is 0 Å². The minimum atomic E-state index is -0.292. The van der Waals surface area contributed by atoms with Crippen molar-refractivity contribution in [3.63, 3.8) is 0 Å². The molecular formula is C6H12N2O. The Hall–Kier alpha value is -0.570. The third kappa shape index (κ3) is 0.920. The highest BCUT2D eigenvalue weighted by Gasteiger charge is 2.42. The van der Waals surface area contributed by atoms with Gasteiger partial charge in [0.15, 0.2) is 0 Å². The van der Waals surface area contributed by atoms with Crippen LogP contribution in [0.25, 0.3) is 0 Å². The van der Waals surface area contributed by atoms with Crippen molar-refractivity contribution < 1.29 is 4.79 Å². The Morgan fingerprint density at radius 3 is 2.22 bits per heavy atom. The molecule has 1 aliphatic carbocycles. The van der Waals surface area contributed by atoms with E-state index >= 15 is 0 Å². The first-order valence-corrected chi connectivity index (χ1v) is 3.10. The molecule has 1 aliphatic rings. The van der Waals surface area contributed by atoms with E-state index in [1.807, 2.05) is 6.92 Å². The van der Waals surface area contributed by atoms with Gasteiger partial charge in [-0.05, 0) is 12.8 Å². The van der Waals surface area contributed by atoms with Gasteiger partial charge in [-0.2, -0.15) is 0 Å². The Labute approximate surface area is 54.4 Å². The van der Waals surface area contributed by atoms with Gasteiger partial charge in [-0.1, -0.05) is 6.92 Å². The molecule has 52 valence electrons. The summed E-state index contributed by atoms with van der Waals surface area (Å²) in [6.45, 7) is 1.86. The third-order valence-corrected chi connectivity index (χ3v) is 2.02. The zero-order valence-corrected chi connectivity index (χ0v) is 5.55. The molecule has 0 unspecified atom stereocenters. The number of primary amides is 1. The molecule has 0 atom stereocenters. The Kier molecular flexibility index (Phi) is 1.24. The van der Waals surface area contributed by atoms with E-state index in [1.165, 1.54) is 0 Å². The first-order chi connectivity index (χ1) is 4.04. The monoisotopic (exact) mass is 128 g/mol. The van der Waals surface area contributed by atoms with Crippen LogP contribution >= 0.6 is 0 Å². The highest BCUT2D eigenvalue weighted by Crippen LogP contribution is 2.38. The number of carbonyl (C=O) groups excluding carboxylic acids is 1. The molecule has 1 fully saturated rings. The number of amides is 1. The fourth-order valence-corrected chi connectivity index (χ4v) is 1.30. The van der Waals surface area contributed by atoms with Crippen LogP contribution in [0.3, 0.4) is 0 Å². The van der Waals surface area contributed by atoms with Gasteiger partial charge in [0, 0.05) is 11.5 Å². The summed E-state index contributed by atoms with van der Waals surface area (Å²) in [4.78, 5) is 10.6. The molecule has 3 heteroatoms. The van der Waals surface area contributed by atoms with Gasteiger partial charge >= 0.3 is 0 Å². The standard InChI is InChI=1S/C6H12N2O/c1-6(5(8)9)2-4(7)3-6/h4H,2-3,7H2,1H3,(H2,8,9). The summed E-state index contributed by atoms with van der Waals surface area (Å²) in [5, 5.41) is 0. The van der Waals surface area contributed by atoms with E-state index in [4.69, 9.17) is 11.5 Å². The van der Waals surface area contributed by atoms with Crippen LogP contribution in [0.4, 0.5) is 0 Å². The van der Waals surface area contributed by atoms with Crippen LogP contribution in [0.15, 0.2) is 0 Å². The van der Waals surface area contributed by atoms with Crippen LogP contribution in [0.5, 0.6) is 0 Å². The summed E-state index contributed by atoms with van der Waals surface area (Å²) in [7, 11) is 0. The van der Waals surface area contributed by atoms with Gasteiger partial charge in [0.2, 0.25) is 5.91 Å². The smallest absolute Gasteiger partial charge is 0.223 e. The normalized spacial score (nSPS) is 41.8. The van der Waals surface area contributed by atoms with Crippen LogP contribution in [0.2, 0.25) is 0 Å². The molecular weight excluding hydrogens is 116 g/mol. The molecule has 0 aromatic carbocycles. The molecule has 0 saturated heterocycles. The lowest BCUT2D eigenvalue weighted by Crippen LogP contribution is -2.51. The zero-order chi connectivity index (χ0) is 7.07. The van der Waals surface area contributed by atoms with E-state index in [2.05, 4.69) is 0 Å². The molecule has 1 saturated carbocycles. The Bertz CT molecular complexity index is 138.